The number of carboxylic acids is 1. The van der Waals surface area contributed by atoms with Gasteiger partial charge in [-0.05, 0) is 25.7 Å². The minimum absolute atomic E-state index is 0.148. The van der Waals surface area contributed by atoms with E-state index in [9.17, 15) is 20.1 Å². The summed E-state index contributed by atoms with van der Waals surface area (Å²) in [4.78, 5) is 10.4. The smallest absolute Gasteiger partial charge is 0.303 e. The van der Waals surface area contributed by atoms with Crippen molar-refractivity contribution in [3.8, 4) is 0 Å². The molecule has 1 fully saturated rings. The molecule has 0 bridgehead atoms. The Hall–Kier alpha value is -1.21. The molecule has 0 unspecified atom stereocenters. The number of rotatable bonds is 13. The number of allylic oxidation sites excluding steroid dienone is 1. The monoisotopic (exact) mass is 370 g/mol. The molecule has 5 atom stereocenters. The predicted octanol–water partition coefficient (Wildman–Crippen LogP) is 2.56. The van der Waals surface area contributed by atoms with Crippen LogP contribution >= 0.6 is 0 Å². The summed E-state index contributed by atoms with van der Waals surface area (Å²) in [5.41, 5.74) is 0. The van der Waals surface area contributed by atoms with E-state index in [0.29, 0.717) is 32.1 Å². The normalized spacial score (nSPS) is 25.9. The lowest BCUT2D eigenvalue weighted by molar-refractivity contribution is -0.137. The van der Waals surface area contributed by atoms with Crippen LogP contribution in [0.5, 0.6) is 0 Å². The van der Waals surface area contributed by atoms with E-state index in [1.807, 2.05) is 12.2 Å². The first-order valence-corrected chi connectivity index (χ1v) is 9.68. The van der Waals surface area contributed by atoms with Crippen molar-refractivity contribution in [1.82, 2.24) is 0 Å². The summed E-state index contributed by atoms with van der Waals surface area (Å²) < 4.78 is 5.73. The van der Waals surface area contributed by atoms with Crippen LogP contribution in [-0.2, 0) is 9.53 Å². The van der Waals surface area contributed by atoms with Crippen LogP contribution in [0.4, 0.5) is 0 Å². The number of hydrogen-bond donors (Lipinski definition) is 4. The maximum Gasteiger partial charge on any atom is 0.303 e. The van der Waals surface area contributed by atoms with Gasteiger partial charge in [0, 0.05) is 12.8 Å². The molecule has 150 valence electrons. The molecule has 1 aliphatic heterocycles. The van der Waals surface area contributed by atoms with E-state index in [1.165, 1.54) is 0 Å². The Bertz CT molecular complexity index is 448. The molecule has 0 amide bonds. The zero-order valence-electron chi connectivity index (χ0n) is 15.7. The Labute approximate surface area is 156 Å². The molecule has 0 aromatic carbocycles. The molecule has 1 rings (SSSR count). The van der Waals surface area contributed by atoms with Gasteiger partial charge in [-0.15, -0.1) is 0 Å². The zero-order chi connectivity index (χ0) is 19.4. The van der Waals surface area contributed by atoms with Gasteiger partial charge in [0.05, 0.1) is 24.4 Å². The van der Waals surface area contributed by atoms with Crippen molar-refractivity contribution in [3.63, 3.8) is 0 Å². The third kappa shape index (κ3) is 9.48. The van der Waals surface area contributed by atoms with Crippen LogP contribution in [-0.4, -0.2) is 56.9 Å². The van der Waals surface area contributed by atoms with Crippen LogP contribution in [0.25, 0.3) is 0 Å². The summed E-state index contributed by atoms with van der Waals surface area (Å²) in [7, 11) is 0. The number of carbonyl (C=O) groups is 1. The Morgan fingerprint density at radius 1 is 1.23 bits per heavy atom. The molecule has 1 heterocycles. The minimum Gasteiger partial charge on any atom is -0.481 e. The largest absolute Gasteiger partial charge is 0.481 e. The molecule has 4 N–H and O–H groups in total. The second kappa shape index (κ2) is 13.0. The van der Waals surface area contributed by atoms with Crippen molar-refractivity contribution in [2.75, 3.05) is 0 Å². The molecule has 26 heavy (non-hydrogen) atoms. The van der Waals surface area contributed by atoms with Gasteiger partial charge in [-0.1, -0.05) is 50.5 Å². The van der Waals surface area contributed by atoms with Gasteiger partial charge in [0.1, 0.15) is 6.10 Å². The second-order valence-corrected chi connectivity index (χ2v) is 6.95. The van der Waals surface area contributed by atoms with Crippen molar-refractivity contribution in [2.24, 2.45) is 0 Å². The molecule has 0 aromatic heterocycles. The van der Waals surface area contributed by atoms with Gasteiger partial charge in [-0.25, -0.2) is 0 Å². The topological polar surface area (TPSA) is 107 Å². The highest BCUT2D eigenvalue weighted by atomic mass is 16.5. The van der Waals surface area contributed by atoms with Gasteiger partial charge in [-0.3, -0.25) is 4.79 Å². The molecule has 1 saturated heterocycles. The Kier molecular flexibility index (Phi) is 11.4. The first-order valence-electron chi connectivity index (χ1n) is 9.68. The van der Waals surface area contributed by atoms with E-state index < -0.39 is 30.4 Å². The fourth-order valence-corrected chi connectivity index (χ4v) is 2.97. The summed E-state index contributed by atoms with van der Waals surface area (Å²) in [5, 5.41) is 38.7. The number of unbranched alkanes of at least 4 members (excludes halogenated alkanes) is 3. The fourth-order valence-electron chi connectivity index (χ4n) is 2.97. The third-order valence-corrected chi connectivity index (χ3v) is 4.55. The molecule has 0 spiro atoms. The summed E-state index contributed by atoms with van der Waals surface area (Å²) >= 11 is 0. The quantitative estimate of drug-likeness (QED) is 0.293. The maximum absolute atomic E-state index is 10.4. The van der Waals surface area contributed by atoms with Crippen LogP contribution in [0.3, 0.4) is 0 Å². The van der Waals surface area contributed by atoms with Crippen molar-refractivity contribution in [1.29, 1.82) is 0 Å². The van der Waals surface area contributed by atoms with Gasteiger partial charge in [0.2, 0.25) is 0 Å². The average molecular weight is 370 g/mol. The molecule has 0 saturated carbocycles. The first-order chi connectivity index (χ1) is 12.4. The number of aliphatic hydroxyl groups excluding tert-OH is 3. The lowest BCUT2D eigenvalue weighted by atomic mass is 10.0. The summed E-state index contributed by atoms with van der Waals surface area (Å²) in [6.45, 7) is 2.11. The molecule has 0 aliphatic carbocycles. The van der Waals surface area contributed by atoms with Gasteiger partial charge in [0.25, 0.3) is 0 Å². The Morgan fingerprint density at radius 2 is 2.00 bits per heavy atom. The number of aliphatic carboxylic acids is 1. The average Bonchev–Trinajstić information content (AvgIpc) is 2.97. The van der Waals surface area contributed by atoms with E-state index in [1.54, 1.807) is 12.2 Å². The van der Waals surface area contributed by atoms with E-state index in [2.05, 4.69) is 6.92 Å². The van der Waals surface area contributed by atoms with Gasteiger partial charge in [0.15, 0.2) is 0 Å². The third-order valence-electron chi connectivity index (χ3n) is 4.55. The standard InChI is InChI=1S/C20H34O6/c1-2-3-6-10-16(22)19-14-17(23)18(26-19)13-12-15(21)9-7-4-5-8-11-20(24)25/h4,7,12-13,15-19,21-23H,2-3,5-6,8-11,14H2,1H3,(H,24,25)/b7-4-,13-12+/t15-,16+,17-,18-,19-/m0/s1. The van der Waals surface area contributed by atoms with Crippen molar-refractivity contribution in [3.05, 3.63) is 24.3 Å². The minimum atomic E-state index is -0.801. The van der Waals surface area contributed by atoms with Crippen LogP contribution in [0.1, 0.15) is 64.7 Å². The molecule has 6 nitrogen and oxygen atoms in total. The van der Waals surface area contributed by atoms with Crippen LogP contribution < -0.4 is 0 Å². The molecule has 0 radical (unpaired) electrons. The first kappa shape index (κ1) is 22.8. The molecule has 6 heteroatoms. The Balaban J connectivity index is 2.29. The predicted molar refractivity (Wildman–Crippen MR) is 99.8 cm³/mol. The maximum atomic E-state index is 10.4. The number of ether oxygens (including phenoxy) is 1. The summed E-state index contributed by atoms with van der Waals surface area (Å²) in [5.74, 6) is -0.801. The molecule has 1 aliphatic rings. The van der Waals surface area contributed by atoms with Crippen LogP contribution in [0.2, 0.25) is 0 Å². The summed E-state index contributed by atoms with van der Waals surface area (Å²) in [6, 6.07) is 0. The van der Waals surface area contributed by atoms with Crippen LogP contribution in [0.15, 0.2) is 24.3 Å². The molecule has 0 aromatic rings. The lowest BCUT2D eigenvalue weighted by Gasteiger charge is -2.18. The van der Waals surface area contributed by atoms with Crippen molar-refractivity contribution in [2.45, 2.75) is 95.2 Å². The SMILES string of the molecule is CCCCC[C@@H](O)[C@@H]1C[C@H](O)[C@H](/C=C/[C@@H](O)C/C=C\CCCC(=O)O)O1. The van der Waals surface area contributed by atoms with Crippen LogP contribution in [0, 0.1) is 0 Å². The summed E-state index contributed by atoms with van der Waals surface area (Å²) in [6.07, 6.45) is 10.2. The van der Waals surface area contributed by atoms with Gasteiger partial charge >= 0.3 is 5.97 Å². The number of hydrogen-bond acceptors (Lipinski definition) is 5. The Morgan fingerprint density at radius 3 is 2.69 bits per heavy atom. The molecular weight excluding hydrogens is 336 g/mol. The highest BCUT2D eigenvalue weighted by Crippen LogP contribution is 2.26. The van der Waals surface area contributed by atoms with E-state index in [0.717, 1.165) is 19.3 Å². The second-order valence-electron chi connectivity index (χ2n) is 6.95. The lowest BCUT2D eigenvalue weighted by Crippen LogP contribution is -2.26. The highest BCUT2D eigenvalue weighted by molar-refractivity contribution is 5.66. The van der Waals surface area contributed by atoms with Gasteiger partial charge < -0.3 is 25.2 Å². The van der Waals surface area contributed by atoms with E-state index >= 15 is 0 Å². The zero-order valence-corrected chi connectivity index (χ0v) is 15.7. The number of carboxylic acid groups (broad SMARTS) is 1. The fraction of sp³-hybridized carbons (Fsp3) is 0.750. The number of aliphatic hydroxyl groups is 3. The highest BCUT2D eigenvalue weighted by Gasteiger charge is 2.36. The van der Waals surface area contributed by atoms with E-state index in [4.69, 9.17) is 9.84 Å². The molecular formula is C20H34O6. The van der Waals surface area contributed by atoms with Crippen molar-refractivity contribution >= 4 is 5.97 Å². The van der Waals surface area contributed by atoms with E-state index in [-0.39, 0.29) is 12.5 Å². The van der Waals surface area contributed by atoms with Crippen molar-refractivity contribution < 1.29 is 30.0 Å². The van der Waals surface area contributed by atoms with Gasteiger partial charge in [-0.2, -0.15) is 0 Å².